The summed E-state index contributed by atoms with van der Waals surface area (Å²) in [7, 11) is 0. The van der Waals surface area contributed by atoms with Crippen molar-refractivity contribution in [2.45, 2.75) is 18.6 Å². The number of halogens is 2. The molecule has 2 unspecified atom stereocenters. The second kappa shape index (κ2) is 11.5. The molecular formula is C26H23F2N5O5. The number of hydrogen-bond acceptors (Lipinski definition) is 5. The molecule has 1 fully saturated rings. The molecule has 1 aliphatic rings. The van der Waals surface area contributed by atoms with E-state index in [1.165, 1.54) is 59.8 Å². The van der Waals surface area contributed by atoms with Gasteiger partial charge in [0.2, 0.25) is 0 Å². The molecule has 0 saturated carbocycles. The Morgan fingerprint density at radius 1 is 0.947 bits per heavy atom. The minimum atomic E-state index is -1.46. The van der Waals surface area contributed by atoms with Gasteiger partial charge in [-0.2, -0.15) is 0 Å². The van der Waals surface area contributed by atoms with Gasteiger partial charge < -0.3 is 20.6 Å². The molecule has 2 heterocycles. The van der Waals surface area contributed by atoms with Crippen LogP contribution in [-0.2, 0) is 9.59 Å². The Kier molecular flexibility index (Phi) is 7.90. The molecule has 2 atom stereocenters. The van der Waals surface area contributed by atoms with Crippen molar-refractivity contribution >= 4 is 29.5 Å². The zero-order valence-corrected chi connectivity index (χ0v) is 19.9. The maximum absolute atomic E-state index is 13.6. The third-order valence-corrected chi connectivity index (χ3v) is 5.90. The number of carboxylic acids is 1. The Bertz CT molecular complexity index is 1340. The standard InChI is InChI=1S/C26H23F2N5O5/c27-18-6-4-16(5-7-18)21(15-22(34)35)31-23(36)24-32(25(37)17-8-10-29-11-9-17)12-13-33(24)26(38)30-20-3-1-2-19(28)14-20/h1-11,14,21,24H,12-13,15H2,(H,30,38)(H,31,36)(H,34,35). The Hall–Kier alpha value is -4.87. The second-order valence-electron chi connectivity index (χ2n) is 8.45. The summed E-state index contributed by atoms with van der Waals surface area (Å²) in [5.41, 5.74) is 0.692. The number of carboxylic acid groups (broad SMARTS) is 1. The highest BCUT2D eigenvalue weighted by atomic mass is 19.1. The summed E-state index contributed by atoms with van der Waals surface area (Å²) >= 11 is 0. The van der Waals surface area contributed by atoms with Crippen LogP contribution in [0.1, 0.15) is 28.4 Å². The average molecular weight is 523 g/mol. The molecule has 0 aliphatic carbocycles. The highest BCUT2D eigenvalue weighted by Crippen LogP contribution is 2.23. The Labute approximate surface area is 215 Å². The van der Waals surface area contributed by atoms with Gasteiger partial charge in [-0.05, 0) is 48.0 Å². The Morgan fingerprint density at radius 3 is 2.29 bits per heavy atom. The molecule has 3 aromatic rings. The lowest BCUT2D eigenvalue weighted by molar-refractivity contribution is -0.138. The van der Waals surface area contributed by atoms with Crippen LogP contribution in [-0.4, -0.2) is 63.0 Å². The van der Waals surface area contributed by atoms with Gasteiger partial charge in [-0.15, -0.1) is 0 Å². The number of carbonyl (C=O) groups excluding carboxylic acids is 3. The van der Waals surface area contributed by atoms with Crippen LogP contribution in [0.2, 0.25) is 0 Å². The van der Waals surface area contributed by atoms with Gasteiger partial charge in [0.15, 0.2) is 6.17 Å². The van der Waals surface area contributed by atoms with Gasteiger partial charge >= 0.3 is 12.0 Å². The molecule has 1 saturated heterocycles. The maximum Gasteiger partial charge on any atom is 0.323 e. The molecule has 0 spiro atoms. The topological polar surface area (TPSA) is 132 Å². The quantitative estimate of drug-likeness (QED) is 0.436. The highest BCUT2D eigenvalue weighted by Gasteiger charge is 2.43. The Balaban J connectivity index is 1.63. The van der Waals surface area contributed by atoms with E-state index in [-0.39, 0.29) is 24.3 Å². The van der Waals surface area contributed by atoms with Gasteiger partial charge in [-0.25, -0.2) is 13.6 Å². The number of anilines is 1. The van der Waals surface area contributed by atoms with E-state index in [9.17, 15) is 33.1 Å². The SMILES string of the molecule is O=C(O)CC(NC(=O)C1N(C(=O)Nc2cccc(F)c2)CCN1C(=O)c1ccncc1)c1ccc(F)cc1. The Morgan fingerprint density at radius 2 is 1.63 bits per heavy atom. The van der Waals surface area contributed by atoms with E-state index in [0.29, 0.717) is 5.56 Å². The number of pyridine rings is 1. The van der Waals surface area contributed by atoms with Crippen molar-refractivity contribution in [1.29, 1.82) is 0 Å². The van der Waals surface area contributed by atoms with E-state index < -0.39 is 54.1 Å². The summed E-state index contributed by atoms with van der Waals surface area (Å²) in [6, 6.07) is 11.2. The minimum Gasteiger partial charge on any atom is -0.481 e. The largest absolute Gasteiger partial charge is 0.481 e. The number of carbonyl (C=O) groups is 4. The van der Waals surface area contributed by atoms with Crippen LogP contribution in [0.5, 0.6) is 0 Å². The molecule has 10 nitrogen and oxygen atoms in total. The van der Waals surface area contributed by atoms with Crippen molar-refractivity contribution in [2.24, 2.45) is 0 Å². The van der Waals surface area contributed by atoms with Crippen molar-refractivity contribution in [3.05, 3.63) is 95.8 Å². The molecule has 1 aliphatic heterocycles. The molecule has 12 heteroatoms. The fourth-order valence-corrected chi connectivity index (χ4v) is 4.13. The van der Waals surface area contributed by atoms with Gasteiger partial charge in [-0.3, -0.25) is 24.3 Å². The van der Waals surface area contributed by atoms with Crippen LogP contribution in [0, 0.1) is 11.6 Å². The van der Waals surface area contributed by atoms with Crippen LogP contribution in [0.3, 0.4) is 0 Å². The molecule has 0 bridgehead atoms. The number of hydrogen-bond donors (Lipinski definition) is 3. The van der Waals surface area contributed by atoms with E-state index in [4.69, 9.17) is 0 Å². The van der Waals surface area contributed by atoms with Gasteiger partial charge in [0.1, 0.15) is 11.6 Å². The molecule has 4 amide bonds. The first-order chi connectivity index (χ1) is 18.2. The minimum absolute atomic E-state index is 0.00401. The number of nitrogens with zero attached hydrogens (tertiary/aromatic N) is 3. The van der Waals surface area contributed by atoms with Crippen LogP contribution >= 0.6 is 0 Å². The molecule has 0 radical (unpaired) electrons. The smallest absolute Gasteiger partial charge is 0.323 e. The summed E-state index contributed by atoms with van der Waals surface area (Å²) in [5.74, 6) is -3.72. The van der Waals surface area contributed by atoms with E-state index >= 15 is 0 Å². The number of aromatic nitrogens is 1. The average Bonchev–Trinajstić information content (AvgIpc) is 3.34. The van der Waals surface area contributed by atoms with Crippen molar-refractivity contribution in [3.63, 3.8) is 0 Å². The number of urea groups is 1. The van der Waals surface area contributed by atoms with Gasteiger partial charge in [0.25, 0.3) is 11.8 Å². The first-order valence-corrected chi connectivity index (χ1v) is 11.5. The van der Waals surface area contributed by atoms with Crippen molar-refractivity contribution in [1.82, 2.24) is 20.1 Å². The van der Waals surface area contributed by atoms with Crippen molar-refractivity contribution < 1.29 is 33.1 Å². The summed E-state index contributed by atoms with van der Waals surface area (Å²) in [4.78, 5) is 57.7. The molecule has 3 N–H and O–H groups in total. The van der Waals surface area contributed by atoms with Gasteiger partial charge in [0.05, 0.1) is 12.5 Å². The van der Waals surface area contributed by atoms with Crippen molar-refractivity contribution in [2.75, 3.05) is 18.4 Å². The monoisotopic (exact) mass is 523 g/mol. The lowest BCUT2D eigenvalue weighted by Gasteiger charge is -2.31. The molecular weight excluding hydrogens is 500 g/mol. The predicted molar refractivity (Wildman–Crippen MR) is 131 cm³/mol. The lowest BCUT2D eigenvalue weighted by Crippen LogP contribution is -2.55. The van der Waals surface area contributed by atoms with E-state index in [1.54, 1.807) is 0 Å². The molecule has 196 valence electrons. The zero-order chi connectivity index (χ0) is 27.2. The number of benzene rings is 2. The van der Waals surface area contributed by atoms with Crippen molar-refractivity contribution in [3.8, 4) is 0 Å². The van der Waals surface area contributed by atoms with Gasteiger partial charge in [-0.1, -0.05) is 18.2 Å². The van der Waals surface area contributed by atoms with Crippen LogP contribution in [0.15, 0.2) is 73.1 Å². The summed E-state index contributed by atoms with van der Waals surface area (Å²) in [5, 5.41) is 14.5. The number of rotatable bonds is 7. The van der Waals surface area contributed by atoms with E-state index in [1.807, 2.05) is 0 Å². The fraction of sp³-hybridized carbons (Fsp3) is 0.192. The molecule has 38 heavy (non-hydrogen) atoms. The number of amides is 4. The third-order valence-electron chi connectivity index (χ3n) is 5.90. The highest BCUT2D eigenvalue weighted by molar-refractivity contribution is 6.00. The molecule has 2 aromatic carbocycles. The molecule has 1 aromatic heterocycles. The van der Waals surface area contributed by atoms with Crippen LogP contribution in [0.25, 0.3) is 0 Å². The zero-order valence-electron chi connectivity index (χ0n) is 19.9. The first kappa shape index (κ1) is 26.2. The number of nitrogens with one attached hydrogen (secondary N) is 2. The lowest BCUT2D eigenvalue weighted by atomic mass is 10.0. The summed E-state index contributed by atoms with van der Waals surface area (Å²) < 4.78 is 27.1. The van der Waals surface area contributed by atoms with Crippen LogP contribution < -0.4 is 10.6 Å². The van der Waals surface area contributed by atoms with Gasteiger partial charge in [0, 0.05) is 36.7 Å². The molecule has 4 rings (SSSR count). The second-order valence-corrected chi connectivity index (χ2v) is 8.45. The number of aliphatic carboxylic acids is 1. The third kappa shape index (κ3) is 6.09. The first-order valence-electron chi connectivity index (χ1n) is 11.5. The summed E-state index contributed by atoms with van der Waals surface area (Å²) in [6.07, 6.45) is 0.827. The van der Waals surface area contributed by atoms with E-state index in [0.717, 1.165) is 23.1 Å². The maximum atomic E-state index is 13.6. The van der Waals surface area contributed by atoms with E-state index in [2.05, 4.69) is 15.6 Å². The summed E-state index contributed by atoms with van der Waals surface area (Å²) in [6.45, 7) is -0.0356. The normalized spacial score (nSPS) is 15.6. The fourth-order valence-electron chi connectivity index (χ4n) is 4.13. The van der Waals surface area contributed by atoms with Crippen LogP contribution in [0.4, 0.5) is 19.3 Å². The predicted octanol–water partition coefficient (Wildman–Crippen LogP) is 3.01.